The lowest BCUT2D eigenvalue weighted by Gasteiger charge is -2.37. The fourth-order valence-electron chi connectivity index (χ4n) is 2.49. The van der Waals surface area contributed by atoms with E-state index in [-0.39, 0.29) is 0 Å². The molecule has 2 nitrogen and oxygen atoms in total. The minimum absolute atomic E-state index is 0.459. The smallest absolute Gasteiger partial charge is 0.134 e. The van der Waals surface area contributed by atoms with E-state index in [2.05, 4.69) is 32.6 Å². The van der Waals surface area contributed by atoms with Crippen LogP contribution >= 0.6 is 0 Å². The maximum Gasteiger partial charge on any atom is 0.134 e. The number of rotatable bonds is 4. The molecular formula is C13H25NO. The van der Waals surface area contributed by atoms with Crippen molar-refractivity contribution in [2.75, 3.05) is 6.54 Å². The van der Waals surface area contributed by atoms with Gasteiger partial charge in [0.15, 0.2) is 0 Å². The van der Waals surface area contributed by atoms with Crippen molar-refractivity contribution >= 4 is 5.78 Å². The monoisotopic (exact) mass is 211 g/mol. The van der Waals surface area contributed by atoms with Gasteiger partial charge in [-0.2, -0.15) is 0 Å². The van der Waals surface area contributed by atoms with Gasteiger partial charge in [0.1, 0.15) is 5.78 Å². The molecule has 1 atom stereocenters. The summed E-state index contributed by atoms with van der Waals surface area (Å²) in [5, 5.41) is 0. The van der Waals surface area contributed by atoms with Crippen LogP contribution in [-0.2, 0) is 4.79 Å². The summed E-state index contributed by atoms with van der Waals surface area (Å²) in [5.41, 5.74) is 0. The molecule has 1 aliphatic carbocycles. The molecule has 15 heavy (non-hydrogen) atoms. The van der Waals surface area contributed by atoms with Gasteiger partial charge in [-0.1, -0.05) is 13.8 Å². The Hall–Kier alpha value is -0.370. The predicted octanol–water partition coefficient (Wildman–Crippen LogP) is 2.86. The van der Waals surface area contributed by atoms with Gasteiger partial charge in [0.2, 0.25) is 0 Å². The Kier molecular flexibility index (Phi) is 4.78. The summed E-state index contributed by atoms with van der Waals surface area (Å²) in [4.78, 5) is 14.0. The van der Waals surface area contributed by atoms with Gasteiger partial charge in [0, 0.05) is 31.5 Å². The van der Waals surface area contributed by atoms with Crippen molar-refractivity contribution in [3.8, 4) is 0 Å². The number of nitrogens with zero attached hydrogens (tertiary/aromatic N) is 1. The van der Waals surface area contributed by atoms with Gasteiger partial charge in [-0.25, -0.2) is 0 Å². The zero-order valence-electron chi connectivity index (χ0n) is 10.6. The number of hydrogen-bond acceptors (Lipinski definition) is 2. The normalized spacial score (nSPS) is 23.1. The van der Waals surface area contributed by atoms with Crippen molar-refractivity contribution in [2.24, 2.45) is 5.92 Å². The molecule has 0 radical (unpaired) electrons. The van der Waals surface area contributed by atoms with E-state index in [1.807, 2.05) is 0 Å². The Morgan fingerprint density at radius 3 is 2.47 bits per heavy atom. The maximum atomic E-state index is 11.5. The Labute approximate surface area is 94.0 Å². The molecule has 0 aromatic carbocycles. The molecule has 1 aliphatic rings. The van der Waals surface area contributed by atoms with Gasteiger partial charge in [-0.3, -0.25) is 9.69 Å². The van der Waals surface area contributed by atoms with E-state index >= 15 is 0 Å². The minimum atomic E-state index is 0.459. The fourth-order valence-corrected chi connectivity index (χ4v) is 2.49. The first kappa shape index (κ1) is 12.7. The summed E-state index contributed by atoms with van der Waals surface area (Å²) in [6.07, 6.45) is 3.89. The van der Waals surface area contributed by atoms with Crippen LogP contribution in [0.1, 0.15) is 53.4 Å². The van der Waals surface area contributed by atoms with Crippen LogP contribution in [0.15, 0.2) is 0 Å². The quantitative estimate of drug-likeness (QED) is 0.712. The average molecular weight is 211 g/mol. The molecule has 0 aromatic heterocycles. The second-order valence-corrected chi connectivity index (χ2v) is 5.47. The number of carbonyl (C=O) groups is 1. The second kappa shape index (κ2) is 5.64. The first-order valence-electron chi connectivity index (χ1n) is 6.28. The predicted molar refractivity (Wildman–Crippen MR) is 63.9 cm³/mol. The van der Waals surface area contributed by atoms with E-state index in [1.165, 1.54) is 6.42 Å². The summed E-state index contributed by atoms with van der Waals surface area (Å²) in [6.45, 7) is 10.1. The number of hydrogen-bond donors (Lipinski definition) is 0. The third-order valence-corrected chi connectivity index (χ3v) is 3.16. The summed E-state index contributed by atoms with van der Waals surface area (Å²) >= 11 is 0. The van der Waals surface area contributed by atoms with Gasteiger partial charge in [-0.05, 0) is 32.6 Å². The van der Waals surface area contributed by atoms with E-state index in [4.69, 9.17) is 0 Å². The van der Waals surface area contributed by atoms with Gasteiger partial charge < -0.3 is 0 Å². The largest absolute Gasteiger partial charge is 0.300 e. The van der Waals surface area contributed by atoms with E-state index < -0.39 is 0 Å². The van der Waals surface area contributed by atoms with Crippen molar-refractivity contribution in [3.63, 3.8) is 0 Å². The molecule has 1 unspecified atom stereocenters. The zero-order valence-corrected chi connectivity index (χ0v) is 10.6. The van der Waals surface area contributed by atoms with E-state index in [9.17, 15) is 4.79 Å². The molecular weight excluding hydrogens is 186 g/mol. The van der Waals surface area contributed by atoms with Gasteiger partial charge in [-0.15, -0.1) is 0 Å². The molecule has 0 saturated heterocycles. The zero-order chi connectivity index (χ0) is 11.4. The van der Waals surface area contributed by atoms with Crippen LogP contribution in [0.5, 0.6) is 0 Å². The topological polar surface area (TPSA) is 20.3 Å². The van der Waals surface area contributed by atoms with E-state index in [0.717, 1.165) is 25.8 Å². The van der Waals surface area contributed by atoms with Crippen LogP contribution < -0.4 is 0 Å². The standard InChI is InChI=1S/C13H25NO/c1-10(2)9-14(11(3)4)12-6-5-7-13(15)8-12/h10-12H,5-9H2,1-4H3. The summed E-state index contributed by atoms with van der Waals surface area (Å²) < 4.78 is 0. The minimum Gasteiger partial charge on any atom is -0.300 e. The molecule has 1 saturated carbocycles. The lowest BCUT2D eigenvalue weighted by molar-refractivity contribution is -0.122. The maximum absolute atomic E-state index is 11.5. The Morgan fingerprint density at radius 1 is 1.33 bits per heavy atom. The average Bonchev–Trinajstić information content (AvgIpc) is 2.13. The van der Waals surface area contributed by atoms with Crippen molar-refractivity contribution in [3.05, 3.63) is 0 Å². The van der Waals surface area contributed by atoms with E-state index in [1.54, 1.807) is 0 Å². The van der Waals surface area contributed by atoms with Gasteiger partial charge in [0.25, 0.3) is 0 Å². The first-order chi connectivity index (χ1) is 7.00. The van der Waals surface area contributed by atoms with Crippen LogP contribution in [0, 0.1) is 5.92 Å². The molecule has 0 bridgehead atoms. The molecule has 0 aromatic rings. The lowest BCUT2D eigenvalue weighted by Crippen LogP contribution is -2.45. The highest BCUT2D eigenvalue weighted by atomic mass is 16.1. The molecule has 0 N–H and O–H groups in total. The van der Waals surface area contributed by atoms with Crippen molar-refractivity contribution < 1.29 is 4.79 Å². The summed E-state index contributed by atoms with van der Waals surface area (Å²) in [6, 6.07) is 1.07. The third kappa shape index (κ3) is 3.94. The van der Waals surface area contributed by atoms with Crippen molar-refractivity contribution in [1.82, 2.24) is 4.90 Å². The summed E-state index contributed by atoms with van der Waals surface area (Å²) in [5.74, 6) is 1.14. The van der Waals surface area contributed by atoms with Crippen molar-refractivity contribution in [1.29, 1.82) is 0 Å². The number of carbonyl (C=O) groups excluding carboxylic acids is 1. The Bertz CT molecular complexity index is 211. The molecule has 0 amide bonds. The highest BCUT2D eigenvalue weighted by Gasteiger charge is 2.27. The molecule has 88 valence electrons. The first-order valence-corrected chi connectivity index (χ1v) is 6.28. The van der Waals surface area contributed by atoms with Crippen LogP contribution in [0.4, 0.5) is 0 Å². The second-order valence-electron chi connectivity index (χ2n) is 5.47. The van der Waals surface area contributed by atoms with Crippen LogP contribution in [-0.4, -0.2) is 29.3 Å². The SMILES string of the molecule is CC(C)CN(C(C)C)C1CCCC(=O)C1. The molecule has 2 heteroatoms. The number of Topliss-reactive ketones (excluding diaryl/α,β-unsaturated/α-hetero) is 1. The molecule has 0 spiro atoms. The molecule has 1 rings (SSSR count). The van der Waals surface area contributed by atoms with Crippen LogP contribution in [0.2, 0.25) is 0 Å². The Morgan fingerprint density at radius 2 is 2.00 bits per heavy atom. The van der Waals surface area contributed by atoms with Crippen LogP contribution in [0.3, 0.4) is 0 Å². The fraction of sp³-hybridized carbons (Fsp3) is 0.923. The third-order valence-electron chi connectivity index (χ3n) is 3.16. The molecule has 1 fully saturated rings. The summed E-state index contributed by atoms with van der Waals surface area (Å²) in [7, 11) is 0. The highest BCUT2D eigenvalue weighted by molar-refractivity contribution is 5.79. The lowest BCUT2D eigenvalue weighted by atomic mass is 9.91. The van der Waals surface area contributed by atoms with Gasteiger partial charge in [0.05, 0.1) is 0 Å². The van der Waals surface area contributed by atoms with Crippen molar-refractivity contribution in [2.45, 2.75) is 65.5 Å². The molecule has 0 aliphatic heterocycles. The highest BCUT2D eigenvalue weighted by Crippen LogP contribution is 2.23. The molecule has 0 heterocycles. The van der Waals surface area contributed by atoms with Crippen LogP contribution in [0.25, 0.3) is 0 Å². The number of ketones is 1. The Balaban J connectivity index is 2.57. The van der Waals surface area contributed by atoms with Gasteiger partial charge >= 0.3 is 0 Å². The van der Waals surface area contributed by atoms with E-state index in [0.29, 0.717) is 23.8 Å².